The van der Waals surface area contributed by atoms with Gasteiger partial charge < -0.3 is 9.64 Å². The van der Waals surface area contributed by atoms with Crippen molar-refractivity contribution in [2.75, 3.05) is 45.1 Å². The maximum atomic E-state index is 12.1. The van der Waals surface area contributed by atoms with E-state index >= 15 is 0 Å². The van der Waals surface area contributed by atoms with Crippen LogP contribution >= 0.6 is 11.8 Å². The summed E-state index contributed by atoms with van der Waals surface area (Å²) >= 11 is 1.69. The Morgan fingerprint density at radius 1 is 1.35 bits per heavy atom. The molecule has 0 saturated carbocycles. The van der Waals surface area contributed by atoms with Gasteiger partial charge in [0.05, 0.1) is 19.0 Å². The fraction of sp³-hybridized carbons (Fsp3) is 0.571. The third-order valence-corrected chi connectivity index (χ3v) is 4.95. The van der Waals surface area contributed by atoms with Crippen LogP contribution in [0.4, 0.5) is 0 Å². The van der Waals surface area contributed by atoms with E-state index in [1.54, 1.807) is 18.0 Å². The normalized spacial score (nSPS) is 24.3. The first-order valence-corrected chi connectivity index (χ1v) is 8.00. The van der Waals surface area contributed by atoms with Crippen molar-refractivity contribution in [3.8, 4) is 0 Å². The van der Waals surface area contributed by atoms with Crippen molar-refractivity contribution in [1.29, 1.82) is 0 Å². The number of carbonyl (C=O) groups excluding carboxylic acids is 1. The standard InChI is InChI=1S/C14H19N3O2S/c18-13-11-20-14(12-2-1-3-15-10-12)17(13)5-4-16-6-8-19-9-7-16/h1-3,10,14H,4-9,11H2/t14-/m1/s1. The molecule has 2 saturated heterocycles. The number of morpholine rings is 1. The summed E-state index contributed by atoms with van der Waals surface area (Å²) in [4.78, 5) is 20.6. The molecule has 20 heavy (non-hydrogen) atoms. The van der Waals surface area contributed by atoms with E-state index in [0.717, 1.165) is 45.0 Å². The lowest BCUT2D eigenvalue weighted by molar-refractivity contribution is -0.128. The van der Waals surface area contributed by atoms with E-state index in [-0.39, 0.29) is 11.3 Å². The number of ether oxygens (including phenoxy) is 1. The van der Waals surface area contributed by atoms with Crippen LogP contribution in [0, 0.1) is 0 Å². The minimum absolute atomic E-state index is 0.122. The Labute approximate surface area is 123 Å². The first-order chi connectivity index (χ1) is 9.84. The van der Waals surface area contributed by atoms with Crippen LogP contribution in [0.3, 0.4) is 0 Å². The lowest BCUT2D eigenvalue weighted by Crippen LogP contribution is -2.42. The second-order valence-electron chi connectivity index (χ2n) is 4.99. The molecule has 108 valence electrons. The molecule has 1 aromatic heterocycles. The quantitative estimate of drug-likeness (QED) is 0.828. The van der Waals surface area contributed by atoms with Crippen molar-refractivity contribution in [3.05, 3.63) is 30.1 Å². The number of hydrogen-bond acceptors (Lipinski definition) is 5. The Hall–Kier alpha value is -1.11. The summed E-state index contributed by atoms with van der Waals surface area (Å²) < 4.78 is 5.35. The van der Waals surface area contributed by atoms with Gasteiger partial charge in [0.2, 0.25) is 5.91 Å². The lowest BCUT2D eigenvalue weighted by Gasteiger charge is -2.30. The van der Waals surface area contributed by atoms with Gasteiger partial charge in [-0.2, -0.15) is 0 Å². The van der Waals surface area contributed by atoms with Gasteiger partial charge >= 0.3 is 0 Å². The second-order valence-corrected chi connectivity index (χ2v) is 6.06. The average molecular weight is 293 g/mol. The highest BCUT2D eigenvalue weighted by Crippen LogP contribution is 2.37. The number of thioether (sulfide) groups is 1. The maximum absolute atomic E-state index is 12.1. The molecule has 3 heterocycles. The van der Waals surface area contributed by atoms with Gasteiger partial charge in [0.25, 0.3) is 0 Å². The van der Waals surface area contributed by atoms with Crippen LogP contribution in [0.15, 0.2) is 24.5 Å². The Bertz CT molecular complexity index is 451. The van der Waals surface area contributed by atoms with Gasteiger partial charge in [-0.3, -0.25) is 14.7 Å². The summed E-state index contributed by atoms with van der Waals surface area (Å²) in [5.74, 6) is 0.806. The minimum Gasteiger partial charge on any atom is -0.379 e. The minimum atomic E-state index is 0.122. The molecule has 3 rings (SSSR count). The molecule has 1 amide bonds. The molecule has 0 spiro atoms. The van der Waals surface area contributed by atoms with Gasteiger partial charge in [0, 0.05) is 44.1 Å². The molecular formula is C14H19N3O2S. The van der Waals surface area contributed by atoms with Gasteiger partial charge in [-0.05, 0) is 6.07 Å². The molecule has 0 N–H and O–H groups in total. The molecule has 0 radical (unpaired) electrons. The fourth-order valence-corrected chi connectivity index (χ4v) is 3.77. The van der Waals surface area contributed by atoms with Gasteiger partial charge in [-0.25, -0.2) is 0 Å². The molecule has 0 bridgehead atoms. The zero-order chi connectivity index (χ0) is 13.8. The van der Waals surface area contributed by atoms with Crippen LogP contribution in [0.5, 0.6) is 0 Å². The maximum Gasteiger partial charge on any atom is 0.233 e. The zero-order valence-corrected chi connectivity index (χ0v) is 12.2. The van der Waals surface area contributed by atoms with E-state index < -0.39 is 0 Å². The molecule has 2 aliphatic rings. The van der Waals surface area contributed by atoms with Crippen molar-refractivity contribution in [3.63, 3.8) is 0 Å². The molecule has 0 aliphatic carbocycles. The van der Waals surface area contributed by atoms with Gasteiger partial charge in [0.1, 0.15) is 5.37 Å². The van der Waals surface area contributed by atoms with Crippen molar-refractivity contribution in [1.82, 2.24) is 14.8 Å². The highest BCUT2D eigenvalue weighted by molar-refractivity contribution is 8.00. The molecular weight excluding hydrogens is 274 g/mol. The summed E-state index contributed by atoms with van der Waals surface area (Å²) in [6.07, 6.45) is 3.63. The lowest BCUT2D eigenvalue weighted by atomic mass is 10.2. The molecule has 2 fully saturated rings. The van der Waals surface area contributed by atoms with E-state index in [9.17, 15) is 4.79 Å². The number of rotatable bonds is 4. The number of amides is 1. The van der Waals surface area contributed by atoms with Crippen molar-refractivity contribution >= 4 is 17.7 Å². The Kier molecular flexibility index (Phi) is 4.54. The predicted octanol–water partition coefficient (Wildman–Crippen LogP) is 0.988. The van der Waals surface area contributed by atoms with Crippen LogP contribution in [0.1, 0.15) is 10.9 Å². The summed E-state index contributed by atoms with van der Waals surface area (Å²) in [7, 11) is 0. The molecule has 0 aromatic carbocycles. The highest BCUT2D eigenvalue weighted by atomic mass is 32.2. The Balaban J connectivity index is 1.62. The number of aromatic nitrogens is 1. The van der Waals surface area contributed by atoms with Gasteiger partial charge in [0.15, 0.2) is 0 Å². The highest BCUT2D eigenvalue weighted by Gasteiger charge is 2.32. The Morgan fingerprint density at radius 2 is 2.20 bits per heavy atom. The van der Waals surface area contributed by atoms with Crippen LogP contribution in [-0.2, 0) is 9.53 Å². The van der Waals surface area contributed by atoms with Crippen LogP contribution in [0.2, 0.25) is 0 Å². The van der Waals surface area contributed by atoms with E-state index in [0.29, 0.717) is 5.75 Å². The fourth-order valence-electron chi connectivity index (χ4n) is 2.57. The van der Waals surface area contributed by atoms with Crippen molar-refractivity contribution < 1.29 is 9.53 Å². The van der Waals surface area contributed by atoms with E-state index in [1.807, 2.05) is 23.2 Å². The molecule has 0 unspecified atom stereocenters. The van der Waals surface area contributed by atoms with Crippen molar-refractivity contribution in [2.45, 2.75) is 5.37 Å². The third-order valence-electron chi connectivity index (χ3n) is 3.70. The second kappa shape index (κ2) is 6.56. The topological polar surface area (TPSA) is 45.7 Å². The summed E-state index contributed by atoms with van der Waals surface area (Å²) in [5, 5.41) is 0.122. The van der Waals surface area contributed by atoms with Crippen molar-refractivity contribution in [2.24, 2.45) is 0 Å². The summed E-state index contributed by atoms with van der Waals surface area (Å²) in [5.41, 5.74) is 1.12. The summed E-state index contributed by atoms with van der Waals surface area (Å²) in [6, 6.07) is 3.98. The van der Waals surface area contributed by atoms with E-state index in [4.69, 9.17) is 4.74 Å². The Morgan fingerprint density at radius 3 is 2.95 bits per heavy atom. The third kappa shape index (κ3) is 3.13. The van der Waals surface area contributed by atoms with Crippen LogP contribution in [0.25, 0.3) is 0 Å². The van der Waals surface area contributed by atoms with E-state index in [2.05, 4.69) is 9.88 Å². The van der Waals surface area contributed by atoms with Gasteiger partial charge in [-0.15, -0.1) is 11.8 Å². The molecule has 1 atom stereocenters. The molecule has 2 aliphatic heterocycles. The van der Waals surface area contributed by atoms with E-state index in [1.165, 1.54) is 0 Å². The molecule has 6 heteroatoms. The monoisotopic (exact) mass is 293 g/mol. The first-order valence-electron chi connectivity index (χ1n) is 6.96. The van der Waals surface area contributed by atoms with Crippen LogP contribution in [-0.4, -0.2) is 65.8 Å². The zero-order valence-electron chi connectivity index (χ0n) is 11.4. The van der Waals surface area contributed by atoms with Crippen LogP contribution < -0.4 is 0 Å². The summed E-state index contributed by atoms with van der Waals surface area (Å²) in [6.45, 7) is 5.24. The first kappa shape index (κ1) is 13.9. The molecule has 5 nitrogen and oxygen atoms in total. The number of nitrogens with zero attached hydrogens (tertiary/aromatic N) is 3. The average Bonchev–Trinajstić information content (AvgIpc) is 2.88. The molecule has 1 aromatic rings. The number of hydrogen-bond donors (Lipinski definition) is 0. The predicted molar refractivity (Wildman–Crippen MR) is 78.4 cm³/mol. The number of pyridine rings is 1. The smallest absolute Gasteiger partial charge is 0.233 e. The van der Waals surface area contributed by atoms with Gasteiger partial charge in [-0.1, -0.05) is 6.07 Å². The largest absolute Gasteiger partial charge is 0.379 e. The number of carbonyl (C=O) groups is 1. The SMILES string of the molecule is O=C1CS[C@H](c2cccnc2)N1CCN1CCOCC1.